The average Bonchev–Trinajstić information content (AvgIpc) is 2.70. The Kier molecular flexibility index (Phi) is 3.05. The van der Waals surface area contributed by atoms with Gasteiger partial charge in [-0.15, -0.1) is 0 Å². The third kappa shape index (κ3) is 2.44. The number of carboxylic acids is 1. The van der Waals surface area contributed by atoms with Gasteiger partial charge in [0.1, 0.15) is 0 Å². The normalized spacial score (nSPS) is 11.6. The zero-order valence-corrected chi connectivity index (χ0v) is 9.75. The number of hydrogen-bond acceptors (Lipinski definition) is 2. The molecule has 1 aromatic heterocycles. The van der Waals surface area contributed by atoms with Gasteiger partial charge in [-0.2, -0.15) is 18.3 Å². The van der Waals surface area contributed by atoms with Gasteiger partial charge in [-0.3, -0.25) is 5.10 Å². The van der Waals surface area contributed by atoms with Crippen molar-refractivity contribution in [2.75, 3.05) is 0 Å². The van der Waals surface area contributed by atoms with E-state index in [1.807, 2.05) is 0 Å². The predicted octanol–water partition coefficient (Wildman–Crippen LogP) is 3.10. The van der Waals surface area contributed by atoms with Gasteiger partial charge in [0.15, 0.2) is 5.69 Å². The van der Waals surface area contributed by atoms with E-state index < -0.39 is 17.7 Å². The molecule has 0 saturated heterocycles. The first kappa shape index (κ1) is 13.1. The number of alkyl halides is 3. The number of aromatic carboxylic acids is 1. The third-order valence-electron chi connectivity index (χ3n) is 2.63. The van der Waals surface area contributed by atoms with Crippen molar-refractivity contribution in [2.45, 2.75) is 13.1 Å². The van der Waals surface area contributed by atoms with Crippen molar-refractivity contribution >= 4 is 5.97 Å². The number of carbonyl (C=O) groups is 1. The molecule has 0 fully saturated rings. The number of H-pyrrole nitrogens is 1. The van der Waals surface area contributed by atoms with E-state index in [1.54, 1.807) is 6.92 Å². The van der Waals surface area contributed by atoms with Crippen molar-refractivity contribution in [3.63, 3.8) is 0 Å². The van der Waals surface area contributed by atoms with Crippen LogP contribution in [-0.2, 0) is 6.18 Å². The van der Waals surface area contributed by atoms with Crippen LogP contribution in [0.1, 0.15) is 21.7 Å². The van der Waals surface area contributed by atoms with Gasteiger partial charge < -0.3 is 5.11 Å². The van der Waals surface area contributed by atoms with Gasteiger partial charge in [0.05, 0.1) is 5.56 Å². The highest BCUT2D eigenvalue weighted by molar-refractivity contribution is 5.94. The minimum Gasteiger partial charge on any atom is -0.476 e. The molecule has 2 rings (SSSR count). The molecule has 0 radical (unpaired) electrons. The molecule has 0 atom stereocenters. The Morgan fingerprint density at radius 2 is 2.05 bits per heavy atom. The molecule has 4 nitrogen and oxygen atoms in total. The summed E-state index contributed by atoms with van der Waals surface area (Å²) < 4.78 is 37.9. The molecule has 0 spiro atoms. The van der Waals surface area contributed by atoms with Crippen LogP contribution < -0.4 is 0 Å². The van der Waals surface area contributed by atoms with Gasteiger partial charge >= 0.3 is 12.1 Å². The maximum absolute atomic E-state index is 12.6. The number of rotatable bonds is 2. The molecule has 0 bridgehead atoms. The van der Waals surface area contributed by atoms with Gasteiger partial charge in [0.2, 0.25) is 0 Å². The number of nitrogens with one attached hydrogen (secondary N) is 1. The lowest BCUT2D eigenvalue weighted by Gasteiger charge is -2.08. The van der Waals surface area contributed by atoms with Crippen LogP contribution in [-0.4, -0.2) is 21.3 Å². The van der Waals surface area contributed by atoms with Crippen LogP contribution in [0.3, 0.4) is 0 Å². The lowest BCUT2D eigenvalue weighted by molar-refractivity contribution is -0.137. The van der Waals surface area contributed by atoms with Gasteiger partial charge in [-0.1, -0.05) is 12.1 Å². The summed E-state index contributed by atoms with van der Waals surface area (Å²) in [6.45, 7) is 1.55. The molecule has 0 aliphatic rings. The Labute approximate surface area is 105 Å². The second-order valence-corrected chi connectivity index (χ2v) is 3.96. The van der Waals surface area contributed by atoms with Crippen molar-refractivity contribution in [2.24, 2.45) is 0 Å². The molecule has 2 N–H and O–H groups in total. The molecule has 0 saturated carbocycles. The molecular formula is C12H9F3N2O2. The zero-order chi connectivity index (χ0) is 14.2. The number of aromatic amines is 1. The fourth-order valence-corrected chi connectivity index (χ4v) is 1.79. The van der Waals surface area contributed by atoms with E-state index in [0.29, 0.717) is 5.69 Å². The van der Waals surface area contributed by atoms with Gasteiger partial charge in [0.25, 0.3) is 0 Å². The first-order valence-electron chi connectivity index (χ1n) is 5.26. The maximum Gasteiger partial charge on any atom is 0.416 e. The summed E-state index contributed by atoms with van der Waals surface area (Å²) in [6.07, 6.45) is -4.48. The van der Waals surface area contributed by atoms with Crippen LogP contribution >= 0.6 is 0 Å². The van der Waals surface area contributed by atoms with Crippen LogP contribution in [0.2, 0.25) is 0 Å². The summed E-state index contributed by atoms with van der Waals surface area (Å²) >= 11 is 0. The predicted molar refractivity (Wildman–Crippen MR) is 60.7 cm³/mol. The van der Waals surface area contributed by atoms with E-state index in [9.17, 15) is 18.0 Å². The fourth-order valence-electron chi connectivity index (χ4n) is 1.79. The second kappa shape index (κ2) is 4.42. The molecule has 19 heavy (non-hydrogen) atoms. The van der Waals surface area contributed by atoms with E-state index in [-0.39, 0.29) is 16.8 Å². The van der Waals surface area contributed by atoms with Gasteiger partial charge in [-0.05, 0) is 24.6 Å². The Hall–Kier alpha value is -2.31. The molecule has 0 aliphatic heterocycles. The third-order valence-corrected chi connectivity index (χ3v) is 2.63. The van der Waals surface area contributed by atoms with E-state index >= 15 is 0 Å². The number of carboxylic acid groups (broad SMARTS) is 1. The van der Waals surface area contributed by atoms with Gasteiger partial charge in [0, 0.05) is 11.3 Å². The van der Waals surface area contributed by atoms with Crippen molar-refractivity contribution in [1.29, 1.82) is 0 Å². The number of halogens is 3. The minimum absolute atomic E-state index is 0.165. The zero-order valence-electron chi connectivity index (χ0n) is 9.75. The number of nitrogens with zero attached hydrogens (tertiary/aromatic N) is 1. The van der Waals surface area contributed by atoms with Crippen LogP contribution in [0, 0.1) is 6.92 Å². The summed E-state index contributed by atoms with van der Waals surface area (Å²) in [5, 5.41) is 15.0. The van der Waals surface area contributed by atoms with Crippen LogP contribution in [0.25, 0.3) is 11.1 Å². The Morgan fingerprint density at radius 1 is 1.37 bits per heavy atom. The molecule has 100 valence electrons. The van der Waals surface area contributed by atoms with E-state index in [1.165, 1.54) is 12.1 Å². The molecular weight excluding hydrogens is 261 g/mol. The molecule has 1 aromatic carbocycles. The smallest absolute Gasteiger partial charge is 0.416 e. The highest BCUT2D eigenvalue weighted by Crippen LogP contribution is 2.33. The van der Waals surface area contributed by atoms with Gasteiger partial charge in [-0.25, -0.2) is 4.79 Å². The highest BCUT2D eigenvalue weighted by Gasteiger charge is 2.31. The minimum atomic E-state index is -4.48. The number of aryl methyl sites for hydroxylation is 1. The maximum atomic E-state index is 12.6. The lowest BCUT2D eigenvalue weighted by Crippen LogP contribution is -2.05. The van der Waals surface area contributed by atoms with Crippen molar-refractivity contribution in [3.8, 4) is 11.1 Å². The van der Waals surface area contributed by atoms with E-state index in [0.717, 1.165) is 12.1 Å². The molecule has 2 aromatic rings. The summed E-state index contributed by atoms with van der Waals surface area (Å²) in [5.41, 5.74) is -0.396. The Balaban J connectivity index is 2.60. The summed E-state index contributed by atoms with van der Waals surface area (Å²) in [4.78, 5) is 11.0. The van der Waals surface area contributed by atoms with Crippen LogP contribution in [0.5, 0.6) is 0 Å². The van der Waals surface area contributed by atoms with Crippen molar-refractivity contribution in [3.05, 3.63) is 41.2 Å². The highest BCUT2D eigenvalue weighted by atomic mass is 19.4. The second-order valence-electron chi connectivity index (χ2n) is 3.96. The molecule has 7 heteroatoms. The molecule has 0 unspecified atom stereocenters. The molecule has 0 aliphatic carbocycles. The quantitative estimate of drug-likeness (QED) is 0.881. The topological polar surface area (TPSA) is 66.0 Å². The van der Waals surface area contributed by atoms with E-state index in [4.69, 9.17) is 5.11 Å². The molecule has 0 amide bonds. The standard InChI is InChI=1S/C12H9F3N2O2/c1-6-9(10(11(18)19)17-16-6)7-3-2-4-8(5-7)12(13,14)15/h2-5H,1H3,(H,16,17)(H,18,19). The van der Waals surface area contributed by atoms with Crippen LogP contribution in [0.15, 0.2) is 24.3 Å². The number of benzene rings is 1. The largest absolute Gasteiger partial charge is 0.476 e. The van der Waals surface area contributed by atoms with Crippen LogP contribution in [0.4, 0.5) is 13.2 Å². The summed E-state index contributed by atoms with van der Waals surface area (Å²) in [5.74, 6) is -1.29. The van der Waals surface area contributed by atoms with Crippen molar-refractivity contribution in [1.82, 2.24) is 10.2 Å². The summed E-state index contributed by atoms with van der Waals surface area (Å²) in [7, 11) is 0. The first-order valence-corrected chi connectivity index (χ1v) is 5.26. The average molecular weight is 270 g/mol. The Bertz CT molecular complexity index is 632. The molecule has 1 heterocycles. The van der Waals surface area contributed by atoms with Crippen molar-refractivity contribution < 1.29 is 23.1 Å². The number of hydrogen-bond donors (Lipinski definition) is 2. The lowest BCUT2D eigenvalue weighted by atomic mass is 10.0. The first-order chi connectivity index (χ1) is 8.80. The monoisotopic (exact) mass is 270 g/mol. The van der Waals surface area contributed by atoms with E-state index in [2.05, 4.69) is 10.2 Å². The fraction of sp³-hybridized carbons (Fsp3) is 0.167. The SMILES string of the molecule is Cc1[nH]nc(C(=O)O)c1-c1cccc(C(F)(F)F)c1. The summed E-state index contributed by atoms with van der Waals surface area (Å²) in [6, 6.07) is 4.49. The number of aromatic nitrogens is 2. The Morgan fingerprint density at radius 3 is 2.63 bits per heavy atom.